The van der Waals surface area contributed by atoms with Gasteiger partial charge in [0.1, 0.15) is 12.2 Å². The van der Waals surface area contributed by atoms with E-state index in [-0.39, 0.29) is 32.1 Å². The molecule has 1 aromatic carbocycles. The van der Waals surface area contributed by atoms with Crippen LogP contribution in [0, 0.1) is 0 Å². The van der Waals surface area contributed by atoms with E-state index in [0.29, 0.717) is 17.9 Å². The number of rotatable bonds is 4. The minimum absolute atomic E-state index is 0.0151. The average molecular weight is 308 g/mol. The molecule has 0 radical (unpaired) electrons. The van der Waals surface area contributed by atoms with Gasteiger partial charge in [0.2, 0.25) is 18.6 Å². The summed E-state index contributed by atoms with van der Waals surface area (Å²) in [7, 11) is 0. The van der Waals surface area contributed by atoms with E-state index in [0.717, 1.165) is 5.56 Å². The van der Waals surface area contributed by atoms with Crippen molar-refractivity contribution in [1.82, 2.24) is 4.90 Å². The number of halogens is 1. The molecule has 0 saturated carbocycles. The molecule has 7 heteroatoms. The van der Waals surface area contributed by atoms with E-state index in [1.54, 1.807) is 6.07 Å². The molecule has 1 saturated heterocycles. The summed E-state index contributed by atoms with van der Waals surface area (Å²) in [6.45, 7) is 0.0959. The zero-order valence-corrected chi connectivity index (χ0v) is 12.0. The van der Waals surface area contributed by atoms with E-state index in [9.17, 15) is 14.0 Å². The quantitative estimate of drug-likeness (QED) is 0.891. The Bertz CT molecular complexity index is 607. The van der Waals surface area contributed by atoms with E-state index in [4.69, 9.17) is 15.2 Å². The number of amides is 2. The van der Waals surface area contributed by atoms with E-state index in [2.05, 4.69) is 0 Å². The van der Waals surface area contributed by atoms with Crippen LogP contribution in [-0.4, -0.2) is 42.3 Å². The first kappa shape index (κ1) is 14.6. The van der Waals surface area contributed by atoms with Crippen molar-refractivity contribution >= 4 is 11.8 Å². The minimum Gasteiger partial charge on any atom is -0.454 e. The van der Waals surface area contributed by atoms with Crippen molar-refractivity contribution in [3.8, 4) is 11.5 Å². The van der Waals surface area contributed by atoms with Gasteiger partial charge in [-0.1, -0.05) is 12.1 Å². The molecule has 2 N–H and O–H groups in total. The highest BCUT2D eigenvalue weighted by molar-refractivity contribution is 5.87. The van der Waals surface area contributed by atoms with Crippen molar-refractivity contribution in [2.75, 3.05) is 13.3 Å². The monoisotopic (exact) mass is 308 g/mol. The van der Waals surface area contributed by atoms with Crippen LogP contribution in [-0.2, 0) is 16.0 Å². The van der Waals surface area contributed by atoms with Gasteiger partial charge in [0.05, 0.1) is 6.54 Å². The predicted molar refractivity (Wildman–Crippen MR) is 75.1 cm³/mol. The number of benzene rings is 1. The molecule has 1 fully saturated rings. The summed E-state index contributed by atoms with van der Waals surface area (Å²) in [5, 5.41) is 0. The number of nitrogens with zero attached hydrogens (tertiary/aromatic N) is 1. The van der Waals surface area contributed by atoms with Gasteiger partial charge >= 0.3 is 0 Å². The third-order valence-corrected chi connectivity index (χ3v) is 3.99. The van der Waals surface area contributed by atoms with Gasteiger partial charge in [-0.05, 0) is 18.1 Å². The first-order chi connectivity index (χ1) is 10.6. The molecule has 0 aliphatic carbocycles. The maximum Gasteiger partial charge on any atom is 0.240 e. The first-order valence-corrected chi connectivity index (χ1v) is 7.16. The average Bonchev–Trinajstić information content (AvgIpc) is 3.10. The lowest BCUT2D eigenvalue weighted by Crippen LogP contribution is -2.43. The fourth-order valence-corrected chi connectivity index (χ4v) is 2.90. The molecule has 0 spiro atoms. The van der Waals surface area contributed by atoms with Gasteiger partial charge in [0.25, 0.3) is 0 Å². The molecule has 22 heavy (non-hydrogen) atoms. The molecule has 118 valence electrons. The summed E-state index contributed by atoms with van der Waals surface area (Å²) in [5.41, 5.74) is 6.09. The third kappa shape index (κ3) is 2.70. The molecule has 2 aliphatic rings. The number of carbonyl (C=O) groups is 2. The zero-order chi connectivity index (χ0) is 15.7. The molecule has 1 aromatic rings. The lowest BCUT2D eigenvalue weighted by atomic mass is 10.1. The number of nitrogens with two attached hydrogens (primary N) is 1. The van der Waals surface area contributed by atoms with Crippen LogP contribution in [0.5, 0.6) is 11.5 Å². The van der Waals surface area contributed by atoms with E-state index in [1.165, 1.54) is 4.90 Å². The number of hydrogen-bond donors (Lipinski definition) is 1. The molecule has 2 aliphatic heterocycles. The van der Waals surface area contributed by atoms with Crippen LogP contribution in [0.15, 0.2) is 18.2 Å². The first-order valence-electron chi connectivity index (χ1n) is 7.16. The van der Waals surface area contributed by atoms with Crippen molar-refractivity contribution in [2.24, 2.45) is 5.73 Å². The Morgan fingerprint density at radius 3 is 2.95 bits per heavy atom. The summed E-state index contributed by atoms with van der Waals surface area (Å²) < 4.78 is 24.1. The van der Waals surface area contributed by atoms with Crippen LogP contribution in [0.3, 0.4) is 0 Å². The number of primary amides is 1. The Morgan fingerprint density at radius 2 is 2.18 bits per heavy atom. The van der Waals surface area contributed by atoms with Gasteiger partial charge in [0, 0.05) is 12.8 Å². The molecule has 6 nitrogen and oxygen atoms in total. The van der Waals surface area contributed by atoms with Crippen LogP contribution < -0.4 is 15.2 Å². The van der Waals surface area contributed by atoms with Gasteiger partial charge < -0.3 is 20.1 Å². The fraction of sp³-hybridized carbons (Fsp3) is 0.467. The Kier molecular flexibility index (Phi) is 3.87. The Labute approximate surface area is 127 Å². The van der Waals surface area contributed by atoms with Crippen molar-refractivity contribution in [3.63, 3.8) is 0 Å². The smallest absolute Gasteiger partial charge is 0.240 e. The third-order valence-electron chi connectivity index (χ3n) is 3.99. The van der Waals surface area contributed by atoms with Crippen LogP contribution in [0.1, 0.15) is 18.4 Å². The van der Waals surface area contributed by atoms with Crippen LogP contribution in [0.25, 0.3) is 0 Å². The highest BCUT2D eigenvalue weighted by Crippen LogP contribution is 2.36. The molecule has 2 atom stereocenters. The molecule has 0 bridgehead atoms. The standard InChI is InChI=1S/C15H17FN2O4/c16-10-6-11(15(17)20)18(7-10)13(19)5-4-9-2-1-3-12-14(9)22-8-21-12/h1-3,10-11H,4-8H2,(H2,17,20)/t10-,11+/m1/s1. The van der Waals surface area contributed by atoms with E-state index >= 15 is 0 Å². The maximum atomic E-state index is 13.4. The Morgan fingerprint density at radius 1 is 1.36 bits per heavy atom. The highest BCUT2D eigenvalue weighted by atomic mass is 19.1. The van der Waals surface area contributed by atoms with Crippen LogP contribution in [0.4, 0.5) is 4.39 Å². The second kappa shape index (κ2) is 5.82. The molecule has 0 unspecified atom stereocenters. The largest absolute Gasteiger partial charge is 0.454 e. The minimum atomic E-state index is -1.20. The Balaban J connectivity index is 1.65. The number of likely N-dealkylation sites (tertiary alicyclic amines) is 1. The van der Waals surface area contributed by atoms with Crippen molar-refractivity contribution < 1.29 is 23.5 Å². The summed E-state index contributed by atoms with van der Waals surface area (Å²) in [6, 6.07) is 4.63. The lowest BCUT2D eigenvalue weighted by molar-refractivity contribution is -0.137. The van der Waals surface area contributed by atoms with Crippen LogP contribution >= 0.6 is 0 Å². The van der Waals surface area contributed by atoms with Crippen molar-refractivity contribution in [2.45, 2.75) is 31.5 Å². The fourth-order valence-electron chi connectivity index (χ4n) is 2.90. The van der Waals surface area contributed by atoms with Crippen molar-refractivity contribution in [1.29, 1.82) is 0 Å². The number of carbonyl (C=O) groups excluding carboxylic acids is 2. The summed E-state index contributed by atoms with van der Waals surface area (Å²) in [4.78, 5) is 24.8. The summed E-state index contributed by atoms with van der Waals surface area (Å²) >= 11 is 0. The van der Waals surface area contributed by atoms with Gasteiger partial charge in [0.15, 0.2) is 11.5 Å². The second-order valence-electron chi connectivity index (χ2n) is 5.45. The maximum absolute atomic E-state index is 13.4. The van der Waals surface area contributed by atoms with Gasteiger partial charge in [-0.15, -0.1) is 0 Å². The highest BCUT2D eigenvalue weighted by Gasteiger charge is 2.38. The van der Waals surface area contributed by atoms with E-state index < -0.39 is 18.1 Å². The molecular formula is C15H17FN2O4. The number of hydrogen-bond acceptors (Lipinski definition) is 4. The normalized spacial score (nSPS) is 22.9. The summed E-state index contributed by atoms with van der Waals surface area (Å²) in [5.74, 6) is 0.364. The van der Waals surface area contributed by atoms with Gasteiger partial charge in [-0.25, -0.2) is 4.39 Å². The number of para-hydroxylation sites is 1. The summed E-state index contributed by atoms with van der Waals surface area (Å²) in [6.07, 6.45) is -0.613. The molecule has 2 amide bonds. The molecular weight excluding hydrogens is 291 g/mol. The van der Waals surface area contributed by atoms with E-state index in [1.807, 2.05) is 12.1 Å². The second-order valence-corrected chi connectivity index (χ2v) is 5.45. The topological polar surface area (TPSA) is 81.9 Å². The number of alkyl halides is 1. The van der Waals surface area contributed by atoms with Gasteiger partial charge in [-0.3, -0.25) is 9.59 Å². The molecule has 2 heterocycles. The Hall–Kier alpha value is -2.31. The lowest BCUT2D eigenvalue weighted by Gasteiger charge is -2.21. The SMILES string of the molecule is NC(=O)[C@@H]1C[C@@H](F)CN1C(=O)CCc1cccc2c1OCO2. The van der Waals surface area contributed by atoms with Crippen LogP contribution in [0.2, 0.25) is 0 Å². The van der Waals surface area contributed by atoms with Crippen molar-refractivity contribution in [3.05, 3.63) is 23.8 Å². The molecule has 0 aromatic heterocycles. The van der Waals surface area contributed by atoms with Gasteiger partial charge in [-0.2, -0.15) is 0 Å². The number of ether oxygens (including phenoxy) is 2. The number of fused-ring (bicyclic) bond motifs is 1. The predicted octanol–water partition coefficient (Wildman–Crippen LogP) is 0.772. The zero-order valence-electron chi connectivity index (χ0n) is 12.0. The molecule has 3 rings (SSSR count). The number of aryl methyl sites for hydroxylation is 1.